The standard InChI is InChI=1S/C12H18N2/c1-9(2)11(4)10(3)8-14-7-6-13-12(14)5/h6-7H,1,8H2,2-5H3/b11-10+. The molecule has 0 radical (unpaired) electrons. The van der Waals surface area contributed by atoms with Crippen LogP contribution in [0.3, 0.4) is 0 Å². The van der Waals surface area contributed by atoms with Gasteiger partial charge in [-0.2, -0.15) is 0 Å². The van der Waals surface area contributed by atoms with Crippen molar-refractivity contribution in [2.75, 3.05) is 0 Å². The maximum atomic E-state index is 4.19. The smallest absolute Gasteiger partial charge is 0.105 e. The van der Waals surface area contributed by atoms with E-state index in [4.69, 9.17) is 0 Å². The molecule has 1 aromatic heterocycles. The third kappa shape index (κ3) is 2.34. The zero-order chi connectivity index (χ0) is 10.7. The summed E-state index contributed by atoms with van der Waals surface area (Å²) in [4.78, 5) is 4.19. The van der Waals surface area contributed by atoms with E-state index in [0.29, 0.717) is 0 Å². The number of allylic oxidation sites excluding steroid dienone is 3. The highest BCUT2D eigenvalue weighted by Crippen LogP contribution is 2.13. The summed E-state index contributed by atoms with van der Waals surface area (Å²) in [5.74, 6) is 1.05. The average Bonchev–Trinajstić information content (AvgIpc) is 2.50. The first-order chi connectivity index (χ1) is 6.52. The molecule has 0 saturated heterocycles. The Morgan fingerprint density at radius 3 is 2.50 bits per heavy atom. The van der Waals surface area contributed by atoms with Gasteiger partial charge in [0.2, 0.25) is 0 Å². The second-order valence-electron chi connectivity index (χ2n) is 3.79. The number of nitrogens with zero attached hydrogens (tertiary/aromatic N) is 2. The Morgan fingerprint density at radius 2 is 2.07 bits per heavy atom. The van der Waals surface area contributed by atoms with Crippen LogP contribution in [0.2, 0.25) is 0 Å². The van der Waals surface area contributed by atoms with Crippen molar-refractivity contribution in [3.8, 4) is 0 Å². The van der Waals surface area contributed by atoms with Crippen molar-refractivity contribution < 1.29 is 0 Å². The van der Waals surface area contributed by atoms with Crippen LogP contribution in [0.15, 0.2) is 35.7 Å². The van der Waals surface area contributed by atoms with Crippen molar-refractivity contribution in [2.45, 2.75) is 34.2 Å². The quantitative estimate of drug-likeness (QED) is 0.670. The normalized spacial score (nSPS) is 12.6. The van der Waals surface area contributed by atoms with Crippen molar-refractivity contribution in [1.82, 2.24) is 9.55 Å². The summed E-state index contributed by atoms with van der Waals surface area (Å²) < 4.78 is 2.14. The molecule has 14 heavy (non-hydrogen) atoms. The van der Waals surface area contributed by atoms with Crippen LogP contribution in [0, 0.1) is 6.92 Å². The Hall–Kier alpha value is -1.31. The van der Waals surface area contributed by atoms with Gasteiger partial charge in [0.25, 0.3) is 0 Å². The topological polar surface area (TPSA) is 17.8 Å². The van der Waals surface area contributed by atoms with Crippen molar-refractivity contribution in [2.24, 2.45) is 0 Å². The number of rotatable bonds is 3. The van der Waals surface area contributed by atoms with Crippen molar-refractivity contribution in [3.05, 3.63) is 41.5 Å². The van der Waals surface area contributed by atoms with Crippen LogP contribution < -0.4 is 0 Å². The first-order valence-electron chi connectivity index (χ1n) is 4.82. The molecule has 0 amide bonds. The molecule has 0 atom stereocenters. The number of aromatic nitrogens is 2. The lowest BCUT2D eigenvalue weighted by molar-refractivity contribution is 0.743. The number of hydrogen-bond acceptors (Lipinski definition) is 1. The maximum absolute atomic E-state index is 4.19. The summed E-state index contributed by atoms with van der Waals surface area (Å²) >= 11 is 0. The summed E-state index contributed by atoms with van der Waals surface area (Å²) in [6, 6.07) is 0. The molecule has 0 aliphatic heterocycles. The minimum absolute atomic E-state index is 0.907. The first-order valence-corrected chi connectivity index (χ1v) is 4.82. The fourth-order valence-electron chi connectivity index (χ4n) is 1.31. The van der Waals surface area contributed by atoms with E-state index in [1.807, 2.05) is 26.2 Å². The molecule has 0 fully saturated rings. The second kappa shape index (κ2) is 4.27. The molecule has 1 heterocycles. The lowest BCUT2D eigenvalue weighted by Gasteiger charge is -2.09. The van der Waals surface area contributed by atoms with Gasteiger partial charge in [0.05, 0.1) is 0 Å². The van der Waals surface area contributed by atoms with E-state index in [9.17, 15) is 0 Å². The van der Waals surface area contributed by atoms with Crippen LogP contribution in [-0.2, 0) is 6.54 Å². The van der Waals surface area contributed by atoms with E-state index in [1.54, 1.807) is 0 Å². The Kier molecular flexibility index (Phi) is 3.28. The monoisotopic (exact) mass is 190 g/mol. The van der Waals surface area contributed by atoms with E-state index in [0.717, 1.165) is 17.9 Å². The van der Waals surface area contributed by atoms with Gasteiger partial charge in [-0.15, -0.1) is 0 Å². The van der Waals surface area contributed by atoms with Crippen LogP contribution in [0.1, 0.15) is 26.6 Å². The predicted molar refractivity (Wildman–Crippen MR) is 60.2 cm³/mol. The van der Waals surface area contributed by atoms with Crippen LogP contribution in [0.25, 0.3) is 0 Å². The van der Waals surface area contributed by atoms with E-state index in [-0.39, 0.29) is 0 Å². The highest BCUT2D eigenvalue weighted by atomic mass is 15.0. The lowest BCUT2D eigenvalue weighted by atomic mass is 10.1. The van der Waals surface area contributed by atoms with Crippen molar-refractivity contribution in [3.63, 3.8) is 0 Å². The third-order valence-electron chi connectivity index (χ3n) is 2.61. The Morgan fingerprint density at radius 1 is 1.43 bits per heavy atom. The number of hydrogen-bond donors (Lipinski definition) is 0. The van der Waals surface area contributed by atoms with Crippen LogP contribution in [0.4, 0.5) is 0 Å². The van der Waals surface area contributed by atoms with Gasteiger partial charge in [-0.3, -0.25) is 0 Å². The van der Waals surface area contributed by atoms with Gasteiger partial charge in [0.1, 0.15) is 5.82 Å². The molecule has 2 heteroatoms. The van der Waals surface area contributed by atoms with Crippen LogP contribution >= 0.6 is 0 Å². The molecule has 0 aliphatic rings. The highest BCUT2D eigenvalue weighted by Gasteiger charge is 2.01. The molecule has 0 unspecified atom stereocenters. The summed E-state index contributed by atoms with van der Waals surface area (Å²) in [5, 5.41) is 0. The van der Waals surface area contributed by atoms with Crippen LogP contribution in [-0.4, -0.2) is 9.55 Å². The lowest BCUT2D eigenvalue weighted by Crippen LogP contribution is -2.02. The maximum Gasteiger partial charge on any atom is 0.105 e. The Bertz CT molecular complexity index is 369. The van der Waals surface area contributed by atoms with Gasteiger partial charge < -0.3 is 4.57 Å². The van der Waals surface area contributed by atoms with Crippen LogP contribution in [0.5, 0.6) is 0 Å². The molecular formula is C12H18N2. The summed E-state index contributed by atoms with van der Waals surface area (Å²) in [6.07, 6.45) is 3.84. The van der Waals surface area contributed by atoms with Crippen molar-refractivity contribution >= 4 is 0 Å². The predicted octanol–water partition coefficient (Wildman–Crippen LogP) is 3.10. The van der Waals surface area contributed by atoms with Gasteiger partial charge in [0, 0.05) is 18.9 Å². The Balaban J connectivity index is 2.85. The molecule has 2 nitrogen and oxygen atoms in total. The summed E-state index contributed by atoms with van der Waals surface area (Å²) in [5.41, 5.74) is 3.77. The zero-order valence-electron chi connectivity index (χ0n) is 9.46. The third-order valence-corrected chi connectivity index (χ3v) is 2.61. The number of aryl methyl sites for hydroxylation is 1. The molecule has 0 spiro atoms. The zero-order valence-corrected chi connectivity index (χ0v) is 9.46. The summed E-state index contributed by atoms with van der Waals surface area (Å²) in [7, 11) is 0. The number of imidazole rings is 1. The molecule has 1 rings (SSSR count). The van der Waals surface area contributed by atoms with E-state index < -0.39 is 0 Å². The fraction of sp³-hybridized carbons (Fsp3) is 0.417. The van der Waals surface area contributed by atoms with E-state index >= 15 is 0 Å². The van der Waals surface area contributed by atoms with Gasteiger partial charge in [0.15, 0.2) is 0 Å². The van der Waals surface area contributed by atoms with Gasteiger partial charge in [-0.25, -0.2) is 4.98 Å². The minimum Gasteiger partial charge on any atom is -0.331 e. The highest BCUT2D eigenvalue weighted by molar-refractivity contribution is 5.28. The average molecular weight is 190 g/mol. The first kappa shape index (κ1) is 10.8. The van der Waals surface area contributed by atoms with E-state index in [1.165, 1.54) is 11.1 Å². The molecular weight excluding hydrogens is 172 g/mol. The minimum atomic E-state index is 0.907. The van der Waals surface area contributed by atoms with E-state index in [2.05, 4.69) is 30.0 Å². The summed E-state index contributed by atoms with van der Waals surface area (Å²) in [6.45, 7) is 13.2. The van der Waals surface area contributed by atoms with Gasteiger partial charge in [-0.1, -0.05) is 17.7 Å². The van der Waals surface area contributed by atoms with Crippen molar-refractivity contribution in [1.29, 1.82) is 0 Å². The molecule has 76 valence electrons. The second-order valence-corrected chi connectivity index (χ2v) is 3.79. The molecule has 0 N–H and O–H groups in total. The Labute approximate surface area is 86.0 Å². The fourth-order valence-corrected chi connectivity index (χ4v) is 1.31. The molecule has 1 aromatic rings. The SMILES string of the molecule is C=C(C)/C(C)=C(\C)Cn1ccnc1C. The largest absolute Gasteiger partial charge is 0.331 e. The molecule has 0 bridgehead atoms. The van der Waals surface area contributed by atoms with Gasteiger partial charge >= 0.3 is 0 Å². The molecule has 0 saturated carbocycles. The molecule has 0 aliphatic carbocycles. The molecule has 0 aromatic carbocycles. The van der Waals surface area contributed by atoms with Gasteiger partial charge in [-0.05, 0) is 33.3 Å².